The van der Waals surface area contributed by atoms with Gasteiger partial charge >= 0.3 is 0 Å². The normalized spacial score (nSPS) is 18.2. The van der Waals surface area contributed by atoms with Crippen molar-refractivity contribution >= 4 is 42.3 Å². The summed E-state index contributed by atoms with van der Waals surface area (Å²) in [5.74, 6) is -0.573. The standard InChI is InChI=1S/C16H24N4O2.2ClH/c1-11(9-17)16(22)19-13-5-2-4-12(8-13)10-20-7-3-6-14(20)15(18)21;;/h2,4-5,8,11,14H,3,6-7,9-10,17H2,1H3,(H2,18,21)(H,19,22);2*1H. The van der Waals surface area contributed by atoms with Crippen LogP contribution >= 0.6 is 24.8 Å². The number of carbonyl (C=O) groups excluding carboxylic acids is 2. The fraction of sp³-hybridized carbons (Fsp3) is 0.500. The molecule has 6 nitrogen and oxygen atoms in total. The lowest BCUT2D eigenvalue weighted by Gasteiger charge is -2.22. The lowest BCUT2D eigenvalue weighted by atomic mass is 10.1. The zero-order chi connectivity index (χ0) is 16.1. The molecule has 1 aromatic rings. The van der Waals surface area contributed by atoms with Crippen LogP contribution in [-0.4, -0.2) is 35.8 Å². The predicted octanol–water partition coefficient (Wildman–Crippen LogP) is 1.51. The number of rotatable bonds is 6. The second-order valence-corrected chi connectivity index (χ2v) is 5.86. The molecule has 136 valence electrons. The van der Waals surface area contributed by atoms with Crippen molar-refractivity contribution in [1.82, 2.24) is 4.90 Å². The molecule has 5 N–H and O–H groups in total. The molecule has 0 aliphatic carbocycles. The minimum absolute atomic E-state index is 0. The lowest BCUT2D eigenvalue weighted by Crippen LogP contribution is -2.39. The van der Waals surface area contributed by atoms with Crippen LogP contribution in [0.3, 0.4) is 0 Å². The molecule has 0 radical (unpaired) electrons. The Hall–Kier alpha value is -1.34. The Morgan fingerprint density at radius 1 is 1.38 bits per heavy atom. The number of anilines is 1. The van der Waals surface area contributed by atoms with Crippen molar-refractivity contribution < 1.29 is 9.59 Å². The van der Waals surface area contributed by atoms with E-state index in [1.807, 2.05) is 24.3 Å². The molecule has 0 bridgehead atoms. The number of hydrogen-bond acceptors (Lipinski definition) is 4. The van der Waals surface area contributed by atoms with Crippen molar-refractivity contribution in [1.29, 1.82) is 0 Å². The van der Waals surface area contributed by atoms with Crippen LogP contribution in [0.1, 0.15) is 25.3 Å². The van der Waals surface area contributed by atoms with E-state index in [0.717, 1.165) is 30.6 Å². The quantitative estimate of drug-likeness (QED) is 0.700. The lowest BCUT2D eigenvalue weighted by molar-refractivity contribution is -0.122. The molecule has 1 aromatic carbocycles. The summed E-state index contributed by atoms with van der Waals surface area (Å²) in [6.45, 7) is 3.64. The average molecular weight is 377 g/mol. The molecule has 1 heterocycles. The largest absolute Gasteiger partial charge is 0.368 e. The fourth-order valence-corrected chi connectivity index (χ4v) is 2.69. The molecule has 2 amide bonds. The predicted molar refractivity (Wildman–Crippen MR) is 100 cm³/mol. The SMILES string of the molecule is CC(CN)C(=O)Nc1cccc(CN2CCCC2C(N)=O)c1.Cl.Cl. The summed E-state index contributed by atoms with van der Waals surface area (Å²) in [6.07, 6.45) is 1.80. The molecule has 0 spiro atoms. The zero-order valence-corrected chi connectivity index (χ0v) is 15.4. The van der Waals surface area contributed by atoms with E-state index in [0.29, 0.717) is 13.1 Å². The van der Waals surface area contributed by atoms with Crippen LogP contribution < -0.4 is 16.8 Å². The Kier molecular flexibility index (Phi) is 9.92. The second kappa shape index (κ2) is 10.5. The van der Waals surface area contributed by atoms with Crippen molar-refractivity contribution in [3.63, 3.8) is 0 Å². The number of primary amides is 1. The first kappa shape index (κ1) is 22.7. The molecule has 1 aliphatic rings. The van der Waals surface area contributed by atoms with E-state index < -0.39 is 0 Å². The fourth-order valence-electron chi connectivity index (χ4n) is 2.69. The molecule has 8 heteroatoms. The Morgan fingerprint density at radius 2 is 2.08 bits per heavy atom. The minimum atomic E-state index is -0.265. The van der Waals surface area contributed by atoms with Crippen molar-refractivity contribution in [2.45, 2.75) is 32.4 Å². The molecule has 1 aliphatic heterocycles. The van der Waals surface area contributed by atoms with Crippen molar-refractivity contribution in [3.8, 4) is 0 Å². The van der Waals surface area contributed by atoms with Crippen molar-refractivity contribution in [2.24, 2.45) is 17.4 Å². The van der Waals surface area contributed by atoms with Gasteiger partial charge in [0.15, 0.2) is 0 Å². The number of nitrogens with one attached hydrogen (secondary N) is 1. The summed E-state index contributed by atoms with van der Waals surface area (Å²) >= 11 is 0. The van der Waals surface area contributed by atoms with Gasteiger partial charge in [-0.1, -0.05) is 19.1 Å². The third-order valence-electron chi connectivity index (χ3n) is 4.07. The summed E-state index contributed by atoms with van der Waals surface area (Å²) in [4.78, 5) is 25.4. The minimum Gasteiger partial charge on any atom is -0.368 e. The molecule has 2 unspecified atom stereocenters. The Bertz CT molecular complexity index is 557. The summed E-state index contributed by atoms with van der Waals surface area (Å²) in [5, 5.41) is 2.86. The van der Waals surface area contributed by atoms with Gasteiger partial charge < -0.3 is 16.8 Å². The second-order valence-electron chi connectivity index (χ2n) is 5.86. The average Bonchev–Trinajstić information content (AvgIpc) is 2.95. The molecule has 1 saturated heterocycles. The van der Waals surface area contributed by atoms with Gasteiger partial charge in [-0.3, -0.25) is 14.5 Å². The first-order valence-corrected chi connectivity index (χ1v) is 7.64. The number of nitrogens with two attached hydrogens (primary N) is 2. The Labute approximate surface area is 155 Å². The first-order chi connectivity index (χ1) is 10.5. The highest BCUT2D eigenvalue weighted by atomic mass is 35.5. The zero-order valence-electron chi connectivity index (χ0n) is 13.7. The molecular weight excluding hydrogens is 351 g/mol. The maximum Gasteiger partial charge on any atom is 0.234 e. The number of halogens is 2. The van der Waals surface area contributed by atoms with E-state index in [-0.39, 0.29) is 48.6 Å². The van der Waals surface area contributed by atoms with E-state index in [2.05, 4.69) is 10.2 Å². The highest BCUT2D eigenvalue weighted by Gasteiger charge is 2.28. The summed E-state index contributed by atoms with van der Waals surface area (Å²) in [6, 6.07) is 7.47. The molecule has 0 aromatic heterocycles. The molecule has 0 saturated carbocycles. The van der Waals surface area contributed by atoms with E-state index in [4.69, 9.17) is 11.5 Å². The van der Waals surface area contributed by atoms with Crippen LogP contribution in [0.15, 0.2) is 24.3 Å². The molecule has 2 atom stereocenters. The van der Waals surface area contributed by atoms with Crippen LogP contribution in [0.25, 0.3) is 0 Å². The highest BCUT2D eigenvalue weighted by Crippen LogP contribution is 2.21. The van der Waals surface area contributed by atoms with Crippen LogP contribution in [0, 0.1) is 5.92 Å². The number of carbonyl (C=O) groups is 2. The smallest absolute Gasteiger partial charge is 0.234 e. The van der Waals surface area contributed by atoms with Crippen LogP contribution in [-0.2, 0) is 16.1 Å². The summed E-state index contributed by atoms with van der Waals surface area (Å²) in [5.41, 5.74) is 12.7. The number of benzene rings is 1. The Morgan fingerprint density at radius 3 is 2.71 bits per heavy atom. The highest BCUT2D eigenvalue weighted by molar-refractivity contribution is 5.92. The van der Waals surface area contributed by atoms with E-state index in [9.17, 15) is 9.59 Å². The third kappa shape index (κ3) is 5.94. The van der Waals surface area contributed by atoms with Gasteiger partial charge in [0.05, 0.1) is 6.04 Å². The summed E-state index contributed by atoms with van der Waals surface area (Å²) < 4.78 is 0. The topological polar surface area (TPSA) is 101 Å². The molecular formula is C16H26Cl2N4O2. The Balaban J connectivity index is 0.00000264. The van der Waals surface area contributed by atoms with Gasteiger partial charge in [0.25, 0.3) is 0 Å². The van der Waals surface area contributed by atoms with Gasteiger partial charge in [-0.25, -0.2) is 0 Å². The molecule has 1 fully saturated rings. The molecule has 24 heavy (non-hydrogen) atoms. The van der Waals surface area contributed by atoms with Crippen molar-refractivity contribution in [3.05, 3.63) is 29.8 Å². The van der Waals surface area contributed by atoms with Gasteiger partial charge in [-0.2, -0.15) is 0 Å². The van der Waals surface area contributed by atoms with E-state index in [1.165, 1.54) is 0 Å². The third-order valence-corrected chi connectivity index (χ3v) is 4.07. The van der Waals surface area contributed by atoms with Crippen molar-refractivity contribution in [2.75, 3.05) is 18.4 Å². The first-order valence-electron chi connectivity index (χ1n) is 7.64. The number of hydrogen-bond donors (Lipinski definition) is 3. The van der Waals surface area contributed by atoms with Gasteiger partial charge in [-0.15, -0.1) is 24.8 Å². The van der Waals surface area contributed by atoms with E-state index in [1.54, 1.807) is 6.92 Å². The van der Waals surface area contributed by atoms with Gasteiger partial charge in [0.1, 0.15) is 0 Å². The van der Waals surface area contributed by atoms with Crippen LogP contribution in [0.2, 0.25) is 0 Å². The molecule has 2 rings (SSSR count). The maximum atomic E-state index is 11.9. The van der Waals surface area contributed by atoms with Crippen LogP contribution in [0.4, 0.5) is 5.69 Å². The van der Waals surface area contributed by atoms with Gasteiger partial charge in [-0.05, 0) is 37.1 Å². The number of nitrogens with zero attached hydrogens (tertiary/aromatic N) is 1. The maximum absolute atomic E-state index is 11.9. The monoisotopic (exact) mass is 376 g/mol. The van der Waals surface area contributed by atoms with Crippen LogP contribution in [0.5, 0.6) is 0 Å². The van der Waals surface area contributed by atoms with Gasteiger partial charge in [0.2, 0.25) is 11.8 Å². The number of amides is 2. The number of likely N-dealkylation sites (tertiary alicyclic amines) is 1. The van der Waals surface area contributed by atoms with E-state index >= 15 is 0 Å². The summed E-state index contributed by atoms with van der Waals surface area (Å²) in [7, 11) is 0. The van der Waals surface area contributed by atoms with Gasteiger partial charge in [0, 0.05) is 24.7 Å².